The summed E-state index contributed by atoms with van der Waals surface area (Å²) in [7, 11) is 0. The Bertz CT molecular complexity index is 1000. The molecule has 0 aromatic carbocycles. The fourth-order valence-electron chi connectivity index (χ4n) is 4.35. The summed E-state index contributed by atoms with van der Waals surface area (Å²) in [4.78, 5) is 39.4. The van der Waals surface area contributed by atoms with Crippen LogP contribution in [0.15, 0.2) is 21.1 Å². The van der Waals surface area contributed by atoms with E-state index in [1.54, 1.807) is 17.0 Å². The van der Waals surface area contributed by atoms with Crippen LogP contribution in [0.2, 0.25) is 0 Å². The summed E-state index contributed by atoms with van der Waals surface area (Å²) in [5.74, 6) is 0.559. The summed E-state index contributed by atoms with van der Waals surface area (Å²) in [6, 6.07) is 2.56. The third-order valence-corrected chi connectivity index (χ3v) is 6.12. The van der Waals surface area contributed by atoms with Crippen LogP contribution < -0.4 is 10.6 Å². The van der Waals surface area contributed by atoms with E-state index in [4.69, 9.17) is 13.7 Å². The summed E-state index contributed by atoms with van der Waals surface area (Å²) in [5, 5.41) is 9.66. The highest BCUT2D eigenvalue weighted by Crippen LogP contribution is 2.26. The van der Waals surface area contributed by atoms with Gasteiger partial charge in [-0.05, 0) is 38.8 Å². The Morgan fingerprint density at radius 2 is 2.03 bits per heavy atom. The fraction of sp³-hybridized carbons (Fsp3) is 0.545. The molecule has 10 nitrogen and oxygen atoms in total. The van der Waals surface area contributed by atoms with E-state index in [2.05, 4.69) is 15.8 Å². The number of aryl methyl sites for hydroxylation is 2. The molecule has 1 atom stereocenters. The van der Waals surface area contributed by atoms with Crippen LogP contribution in [0.4, 0.5) is 0 Å². The molecule has 10 heteroatoms. The highest BCUT2D eigenvalue weighted by Gasteiger charge is 2.43. The van der Waals surface area contributed by atoms with Gasteiger partial charge in [-0.2, -0.15) is 0 Å². The average molecular weight is 444 g/mol. The predicted octanol–water partition coefficient (Wildman–Crippen LogP) is 1.10. The largest absolute Gasteiger partial charge is 0.456 e. The smallest absolute Gasteiger partial charge is 0.289 e. The number of amides is 3. The highest BCUT2D eigenvalue weighted by atomic mass is 16.5. The van der Waals surface area contributed by atoms with Crippen LogP contribution >= 0.6 is 0 Å². The highest BCUT2D eigenvalue weighted by molar-refractivity contribution is 5.94. The number of rotatable bonds is 4. The fourth-order valence-corrected chi connectivity index (χ4v) is 4.35. The number of carbonyl (C=O) groups excluding carboxylic acids is 3. The molecule has 1 spiro atoms. The maximum atomic E-state index is 13.4. The van der Waals surface area contributed by atoms with Gasteiger partial charge in [-0.3, -0.25) is 14.4 Å². The molecule has 4 heterocycles. The summed E-state index contributed by atoms with van der Waals surface area (Å²) >= 11 is 0. The maximum absolute atomic E-state index is 13.4. The van der Waals surface area contributed by atoms with Gasteiger partial charge in [-0.25, -0.2) is 0 Å². The minimum Gasteiger partial charge on any atom is -0.456 e. The van der Waals surface area contributed by atoms with E-state index < -0.39 is 11.6 Å². The third-order valence-electron chi connectivity index (χ3n) is 6.12. The zero-order valence-corrected chi connectivity index (χ0v) is 18.5. The average Bonchev–Trinajstić information content (AvgIpc) is 3.31. The Balaban J connectivity index is 1.57. The lowest BCUT2D eigenvalue weighted by molar-refractivity contribution is -0.129. The number of ether oxygens (including phenoxy) is 1. The van der Waals surface area contributed by atoms with Crippen LogP contribution in [0.5, 0.6) is 0 Å². The number of carbonyl (C=O) groups is 3. The van der Waals surface area contributed by atoms with Crippen molar-refractivity contribution in [2.24, 2.45) is 0 Å². The van der Waals surface area contributed by atoms with Gasteiger partial charge in [0.25, 0.3) is 5.91 Å². The van der Waals surface area contributed by atoms with Crippen LogP contribution in [0.3, 0.4) is 0 Å². The molecule has 2 saturated heterocycles. The first-order valence-corrected chi connectivity index (χ1v) is 10.7. The van der Waals surface area contributed by atoms with Crippen molar-refractivity contribution < 1.29 is 28.1 Å². The summed E-state index contributed by atoms with van der Waals surface area (Å²) in [5.41, 5.74) is 1.11. The molecule has 2 aliphatic heterocycles. The number of hydrogen-bond donors (Lipinski definition) is 2. The molecule has 4 rings (SSSR count). The van der Waals surface area contributed by atoms with Crippen LogP contribution in [0, 0.1) is 13.8 Å². The molecule has 2 fully saturated rings. The van der Waals surface area contributed by atoms with Gasteiger partial charge in [0.05, 0.1) is 17.8 Å². The molecule has 2 N–H and O–H groups in total. The maximum Gasteiger partial charge on any atom is 0.289 e. The van der Waals surface area contributed by atoms with E-state index in [0.29, 0.717) is 50.5 Å². The second-order valence-electron chi connectivity index (χ2n) is 8.57. The van der Waals surface area contributed by atoms with Crippen molar-refractivity contribution in [3.05, 3.63) is 40.7 Å². The molecule has 2 aromatic heterocycles. The number of hydrogen-bond acceptors (Lipinski definition) is 7. The monoisotopic (exact) mass is 444 g/mol. The normalized spacial score (nSPS) is 20.7. The summed E-state index contributed by atoms with van der Waals surface area (Å²) < 4.78 is 16.5. The van der Waals surface area contributed by atoms with E-state index in [1.165, 1.54) is 6.92 Å². The molecule has 172 valence electrons. The first kappa shape index (κ1) is 22.1. The first-order chi connectivity index (χ1) is 15.3. The number of aromatic nitrogens is 1. The molecular formula is C22H28N4O6. The number of nitrogens with one attached hydrogen (secondary N) is 2. The van der Waals surface area contributed by atoms with Gasteiger partial charge in [0.2, 0.25) is 11.8 Å². The van der Waals surface area contributed by atoms with Gasteiger partial charge >= 0.3 is 0 Å². The van der Waals surface area contributed by atoms with E-state index in [0.717, 1.165) is 11.3 Å². The Morgan fingerprint density at radius 3 is 2.69 bits per heavy atom. The SMILES string of the molecule is CC(=O)NC1CN(C(=O)c2ccc(Cc3c(C)noc3C)o2)CC2(CCOCC2)NC1=O. The third kappa shape index (κ3) is 4.55. The molecule has 0 saturated carbocycles. The van der Waals surface area contributed by atoms with Crippen LogP contribution in [0.1, 0.15) is 53.1 Å². The van der Waals surface area contributed by atoms with Crippen LogP contribution in [0.25, 0.3) is 0 Å². The predicted molar refractivity (Wildman–Crippen MR) is 112 cm³/mol. The molecule has 1 unspecified atom stereocenters. The standard InChI is InChI=1S/C22H28N4O6/c1-13-17(14(2)32-25-13)10-16-4-5-19(31-16)21(29)26-11-18(23-15(3)27)20(28)24-22(12-26)6-8-30-9-7-22/h4-5,18H,6-12H2,1-3H3,(H,23,27)(H,24,28). The van der Waals surface area contributed by atoms with E-state index in [-0.39, 0.29) is 30.0 Å². The lowest BCUT2D eigenvalue weighted by Crippen LogP contribution is -2.57. The van der Waals surface area contributed by atoms with Crippen LogP contribution in [-0.2, 0) is 20.7 Å². The zero-order chi connectivity index (χ0) is 22.9. The van der Waals surface area contributed by atoms with E-state index >= 15 is 0 Å². The second-order valence-corrected chi connectivity index (χ2v) is 8.57. The minimum atomic E-state index is -0.838. The quantitative estimate of drug-likeness (QED) is 0.723. The summed E-state index contributed by atoms with van der Waals surface area (Å²) in [6.07, 6.45) is 1.64. The number of furan rings is 1. The van der Waals surface area contributed by atoms with Gasteiger partial charge in [-0.15, -0.1) is 0 Å². The Morgan fingerprint density at radius 1 is 1.28 bits per heavy atom. The Labute approximate surface area is 185 Å². The van der Waals surface area contributed by atoms with Crippen molar-refractivity contribution in [2.75, 3.05) is 26.3 Å². The molecule has 0 bridgehead atoms. The molecule has 0 aliphatic carbocycles. The zero-order valence-electron chi connectivity index (χ0n) is 18.5. The molecule has 2 aromatic rings. The van der Waals surface area contributed by atoms with Crippen molar-refractivity contribution in [3.8, 4) is 0 Å². The topological polar surface area (TPSA) is 127 Å². The molecule has 0 radical (unpaired) electrons. The van der Waals surface area contributed by atoms with Crippen molar-refractivity contribution in [1.82, 2.24) is 20.7 Å². The van der Waals surface area contributed by atoms with Crippen molar-refractivity contribution >= 4 is 17.7 Å². The first-order valence-electron chi connectivity index (χ1n) is 10.7. The minimum absolute atomic E-state index is 0.0623. The van der Waals surface area contributed by atoms with Crippen LogP contribution in [-0.4, -0.2) is 65.7 Å². The van der Waals surface area contributed by atoms with Gasteiger partial charge in [0.15, 0.2) is 5.76 Å². The lowest BCUT2D eigenvalue weighted by Gasteiger charge is -2.39. The lowest BCUT2D eigenvalue weighted by atomic mass is 9.89. The molecular weight excluding hydrogens is 416 g/mol. The van der Waals surface area contributed by atoms with Gasteiger partial charge in [-0.1, -0.05) is 5.16 Å². The van der Waals surface area contributed by atoms with Crippen molar-refractivity contribution in [1.29, 1.82) is 0 Å². The van der Waals surface area contributed by atoms with Gasteiger partial charge in [0.1, 0.15) is 17.6 Å². The molecule has 2 aliphatic rings. The molecule has 3 amide bonds. The van der Waals surface area contributed by atoms with Gasteiger partial charge < -0.3 is 29.2 Å². The second kappa shape index (κ2) is 8.78. The molecule has 32 heavy (non-hydrogen) atoms. The van der Waals surface area contributed by atoms with E-state index in [9.17, 15) is 14.4 Å². The van der Waals surface area contributed by atoms with E-state index in [1.807, 2.05) is 13.8 Å². The summed E-state index contributed by atoms with van der Waals surface area (Å²) in [6.45, 7) is 6.41. The Kier molecular flexibility index (Phi) is 6.05. The number of nitrogens with zero attached hydrogens (tertiary/aromatic N) is 2. The van der Waals surface area contributed by atoms with Gasteiger partial charge in [0, 0.05) is 38.7 Å². The van der Waals surface area contributed by atoms with Crippen molar-refractivity contribution in [2.45, 2.75) is 51.6 Å². The Hall–Kier alpha value is -3.14. The van der Waals surface area contributed by atoms with Crippen molar-refractivity contribution in [3.63, 3.8) is 0 Å².